The molecule has 1 aliphatic rings. The van der Waals surface area contributed by atoms with E-state index in [9.17, 15) is 5.11 Å². The molecule has 1 aromatic carbocycles. The molecule has 0 radical (unpaired) electrons. The van der Waals surface area contributed by atoms with Gasteiger partial charge in [0.15, 0.2) is 0 Å². The number of rotatable bonds is 6. The Morgan fingerprint density at radius 3 is 2.83 bits per heavy atom. The topological polar surface area (TPSA) is 50.7 Å². The average molecular weight is 272 g/mol. The molecule has 0 amide bonds. The molecule has 0 spiro atoms. The van der Waals surface area contributed by atoms with Crippen LogP contribution in [0.2, 0.25) is 5.02 Å². The normalized spacial score (nSPS) is 17.1. The average Bonchev–Trinajstić information content (AvgIpc) is 2.31. The van der Waals surface area contributed by atoms with Crippen molar-refractivity contribution in [2.24, 2.45) is 5.41 Å². The smallest absolute Gasteiger partial charge is 0.143 e. The fourth-order valence-corrected chi connectivity index (χ4v) is 2.00. The Labute approximate surface area is 112 Å². The van der Waals surface area contributed by atoms with Crippen molar-refractivity contribution in [3.8, 4) is 5.75 Å². The molecule has 100 valence electrons. The van der Waals surface area contributed by atoms with E-state index in [2.05, 4.69) is 5.32 Å². The minimum atomic E-state index is -0.164. The summed E-state index contributed by atoms with van der Waals surface area (Å²) in [6, 6.07) is 5.49. The number of nitrogens with one attached hydrogen (secondary N) is 1. The molecular weight excluding hydrogens is 254 g/mol. The summed E-state index contributed by atoms with van der Waals surface area (Å²) in [4.78, 5) is 0. The summed E-state index contributed by atoms with van der Waals surface area (Å²) in [5.74, 6) is 0.735. The van der Waals surface area contributed by atoms with E-state index < -0.39 is 0 Å². The van der Waals surface area contributed by atoms with E-state index in [1.807, 2.05) is 19.1 Å². The van der Waals surface area contributed by atoms with Gasteiger partial charge in [0.1, 0.15) is 5.75 Å². The van der Waals surface area contributed by atoms with Crippen LogP contribution in [0.25, 0.3) is 0 Å². The van der Waals surface area contributed by atoms with Gasteiger partial charge in [-0.3, -0.25) is 0 Å². The third-order valence-corrected chi connectivity index (χ3v) is 3.28. The number of benzene rings is 1. The highest BCUT2D eigenvalue weighted by molar-refractivity contribution is 6.30. The van der Waals surface area contributed by atoms with Crippen molar-refractivity contribution in [2.45, 2.75) is 6.92 Å². The van der Waals surface area contributed by atoms with E-state index >= 15 is 0 Å². The van der Waals surface area contributed by atoms with Crippen LogP contribution in [0.1, 0.15) is 6.92 Å². The fourth-order valence-electron chi connectivity index (χ4n) is 1.84. The lowest BCUT2D eigenvalue weighted by Gasteiger charge is -2.40. The van der Waals surface area contributed by atoms with Crippen LogP contribution in [0.5, 0.6) is 5.75 Å². The summed E-state index contributed by atoms with van der Waals surface area (Å²) < 4.78 is 10.7. The second kappa shape index (κ2) is 5.78. The zero-order chi connectivity index (χ0) is 13.0. The van der Waals surface area contributed by atoms with E-state index in [-0.39, 0.29) is 12.0 Å². The first kappa shape index (κ1) is 13.5. The minimum absolute atomic E-state index is 0.123. The first-order chi connectivity index (χ1) is 8.69. The zero-order valence-electron chi connectivity index (χ0n) is 10.4. The number of hydrogen-bond acceptors (Lipinski definition) is 4. The summed E-state index contributed by atoms with van der Waals surface area (Å²) in [5, 5.41) is 13.3. The molecule has 0 saturated carbocycles. The van der Waals surface area contributed by atoms with Gasteiger partial charge in [-0.25, -0.2) is 0 Å². The van der Waals surface area contributed by atoms with Gasteiger partial charge in [-0.2, -0.15) is 0 Å². The molecule has 1 heterocycles. The van der Waals surface area contributed by atoms with E-state index in [1.165, 1.54) is 0 Å². The molecule has 0 aliphatic carbocycles. The van der Waals surface area contributed by atoms with Crippen LogP contribution < -0.4 is 10.1 Å². The standard InChI is InChI=1S/C13H18ClNO3/c1-2-18-12-5-10(14)3-4-11(12)15-6-13(7-16)8-17-9-13/h3-5,15-16H,2,6-9H2,1H3. The fraction of sp³-hybridized carbons (Fsp3) is 0.538. The molecule has 0 unspecified atom stereocenters. The maximum Gasteiger partial charge on any atom is 0.143 e. The second-order valence-electron chi connectivity index (χ2n) is 4.58. The van der Waals surface area contributed by atoms with Gasteiger partial charge in [-0.15, -0.1) is 0 Å². The van der Waals surface area contributed by atoms with Gasteiger partial charge in [-0.1, -0.05) is 11.6 Å². The highest BCUT2D eigenvalue weighted by atomic mass is 35.5. The summed E-state index contributed by atoms with van der Waals surface area (Å²) in [5.41, 5.74) is 0.726. The van der Waals surface area contributed by atoms with Crippen molar-refractivity contribution < 1.29 is 14.6 Å². The third-order valence-electron chi connectivity index (χ3n) is 3.05. The van der Waals surface area contributed by atoms with Crippen molar-refractivity contribution >= 4 is 17.3 Å². The first-order valence-electron chi connectivity index (χ1n) is 6.04. The second-order valence-corrected chi connectivity index (χ2v) is 5.01. The Hall–Kier alpha value is -0.970. The zero-order valence-corrected chi connectivity index (χ0v) is 11.2. The lowest BCUT2D eigenvalue weighted by atomic mass is 9.87. The Bertz CT molecular complexity index is 402. The molecule has 0 atom stereocenters. The van der Waals surface area contributed by atoms with Crippen molar-refractivity contribution in [3.63, 3.8) is 0 Å². The van der Waals surface area contributed by atoms with E-state index in [0.29, 0.717) is 31.4 Å². The molecule has 2 N–H and O–H groups in total. The van der Waals surface area contributed by atoms with Crippen LogP contribution in [-0.4, -0.2) is 38.1 Å². The lowest BCUT2D eigenvalue weighted by molar-refractivity contribution is -0.128. The van der Waals surface area contributed by atoms with Gasteiger partial charge in [0.2, 0.25) is 0 Å². The van der Waals surface area contributed by atoms with Crippen molar-refractivity contribution in [2.75, 3.05) is 38.3 Å². The molecule has 4 nitrogen and oxygen atoms in total. The number of aliphatic hydroxyl groups excluding tert-OH is 1. The molecule has 2 rings (SSSR count). The Morgan fingerprint density at radius 1 is 1.50 bits per heavy atom. The van der Waals surface area contributed by atoms with Gasteiger partial charge in [0.25, 0.3) is 0 Å². The van der Waals surface area contributed by atoms with Crippen LogP contribution in [0.15, 0.2) is 18.2 Å². The molecule has 1 saturated heterocycles. The van der Waals surface area contributed by atoms with Gasteiger partial charge >= 0.3 is 0 Å². The molecule has 0 aromatic heterocycles. The number of ether oxygens (including phenoxy) is 2. The van der Waals surface area contributed by atoms with Crippen LogP contribution in [0.4, 0.5) is 5.69 Å². The predicted octanol–water partition coefficient (Wildman–Crippen LogP) is 2.16. The SMILES string of the molecule is CCOc1cc(Cl)ccc1NCC1(CO)COC1. The molecule has 5 heteroatoms. The van der Waals surface area contributed by atoms with Crippen molar-refractivity contribution in [1.29, 1.82) is 0 Å². The Kier molecular flexibility index (Phi) is 4.32. The molecule has 1 fully saturated rings. The number of anilines is 1. The Balaban J connectivity index is 2.04. The number of aliphatic hydroxyl groups is 1. The van der Waals surface area contributed by atoms with Crippen LogP contribution >= 0.6 is 11.6 Å². The van der Waals surface area contributed by atoms with E-state index in [4.69, 9.17) is 21.1 Å². The number of hydrogen-bond donors (Lipinski definition) is 2. The molecular formula is C13H18ClNO3. The summed E-state index contributed by atoms with van der Waals surface area (Å²) in [6.45, 7) is 4.48. The minimum Gasteiger partial charge on any atom is -0.492 e. The molecule has 1 aliphatic heterocycles. The molecule has 18 heavy (non-hydrogen) atoms. The summed E-state index contributed by atoms with van der Waals surface area (Å²) >= 11 is 5.94. The summed E-state index contributed by atoms with van der Waals surface area (Å²) in [6.07, 6.45) is 0. The van der Waals surface area contributed by atoms with Gasteiger partial charge < -0.3 is 19.9 Å². The van der Waals surface area contributed by atoms with Crippen molar-refractivity contribution in [3.05, 3.63) is 23.2 Å². The van der Waals surface area contributed by atoms with Crippen LogP contribution in [-0.2, 0) is 4.74 Å². The lowest BCUT2D eigenvalue weighted by Crippen LogP contribution is -2.50. The molecule has 1 aromatic rings. The quantitative estimate of drug-likeness (QED) is 0.833. The van der Waals surface area contributed by atoms with Crippen molar-refractivity contribution in [1.82, 2.24) is 0 Å². The van der Waals surface area contributed by atoms with Crippen LogP contribution in [0, 0.1) is 5.41 Å². The third kappa shape index (κ3) is 2.88. The maximum atomic E-state index is 9.36. The highest BCUT2D eigenvalue weighted by Gasteiger charge is 2.37. The predicted molar refractivity (Wildman–Crippen MR) is 71.4 cm³/mol. The molecule has 0 bridgehead atoms. The van der Waals surface area contributed by atoms with Crippen LogP contribution in [0.3, 0.4) is 0 Å². The van der Waals surface area contributed by atoms with E-state index in [0.717, 1.165) is 11.4 Å². The Morgan fingerprint density at radius 2 is 2.28 bits per heavy atom. The van der Waals surface area contributed by atoms with Gasteiger partial charge in [-0.05, 0) is 19.1 Å². The van der Waals surface area contributed by atoms with Gasteiger partial charge in [0.05, 0.1) is 37.5 Å². The number of halogens is 1. The maximum absolute atomic E-state index is 9.36. The monoisotopic (exact) mass is 271 g/mol. The van der Waals surface area contributed by atoms with Gasteiger partial charge in [0, 0.05) is 17.6 Å². The van der Waals surface area contributed by atoms with E-state index in [1.54, 1.807) is 6.07 Å². The highest BCUT2D eigenvalue weighted by Crippen LogP contribution is 2.31. The largest absolute Gasteiger partial charge is 0.492 e. The first-order valence-corrected chi connectivity index (χ1v) is 6.42. The summed E-state index contributed by atoms with van der Waals surface area (Å²) in [7, 11) is 0.